The van der Waals surface area contributed by atoms with Crippen LogP contribution in [0.2, 0.25) is 0 Å². The van der Waals surface area contributed by atoms with E-state index in [1.165, 1.54) is 0 Å². The van der Waals surface area contributed by atoms with E-state index in [0.29, 0.717) is 0 Å². The average Bonchev–Trinajstić information content (AvgIpc) is 1.63. The first kappa shape index (κ1) is 12.4. The fourth-order valence-corrected chi connectivity index (χ4v) is 0.256. The normalized spacial score (nSPS) is 9.20. The molecule has 0 heterocycles. The van der Waals surface area contributed by atoms with E-state index in [1.807, 2.05) is 27.7 Å². The van der Waals surface area contributed by atoms with Crippen LogP contribution in [0.15, 0.2) is 9.98 Å². The summed E-state index contributed by atoms with van der Waals surface area (Å²) in [5.74, 6) is 0. The number of nitrogens with zero attached hydrogens (tertiary/aromatic N) is 2. The Kier molecular flexibility index (Phi) is 6.74. The maximum Gasteiger partial charge on any atom is 0.0897 e. The van der Waals surface area contributed by atoms with Gasteiger partial charge in [-0.15, -0.1) is 12.4 Å². The first-order valence-electron chi connectivity index (χ1n) is 3.19. The largest absolute Gasteiger partial charge is 0.226 e. The number of aliphatic imine (C=N–C) groups is 2. The summed E-state index contributed by atoms with van der Waals surface area (Å²) in [7, 11) is 0. The van der Waals surface area contributed by atoms with Gasteiger partial charge in [0.15, 0.2) is 0 Å². The van der Waals surface area contributed by atoms with Crippen LogP contribution in [0.4, 0.5) is 0 Å². The first-order chi connectivity index (χ1) is 4.06. The molecule has 2 nitrogen and oxygen atoms in total. The van der Waals surface area contributed by atoms with Crippen LogP contribution in [0.5, 0.6) is 0 Å². The van der Waals surface area contributed by atoms with Crippen LogP contribution >= 0.6 is 12.4 Å². The van der Waals surface area contributed by atoms with Crippen molar-refractivity contribution >= 4 is 18.4 Å². The summed E-state index contributed by atoms with van der Waals surface area (Å²) in [6.07, 6.45) is 0. The lowest BCUT2D eigenvalue weighted by Gasteiger charge is -2.06. The molecule has 0 N–H and O–H groups in total. The van der Waals surface area contributed by atoms with Crippen molar-refractivity contribution in [3.8, 4) is 0 Å². The van der Waals surface area contributed by atoms with Gasteiger partial charge in [-0.3, -0.25) is 0 Å². The van der Waals surface area contributed by atoms with Crippen LogP contribution < -0.4 is 0 Å². The average molecular weight is 163 g/mol. The van der Waals surface area contributed by atoms with Crippen molar-refractivity contribution < 1.29 is 0 Å². The highest BCUT2D eigenvalue weighted by molar-refractivity contribution is 5.85. The van der Waals surface area contributed by atoms with Gasteiger partial charge in [0.2, 0.25) is 0 Å². The molecule has 10 heavy (non-hydrogen) atoms. The summed E-state index contributed by atoms with van der Waals surface area (Å²) in [4.78, 5) is 7.87. The fourth-order valence-electron chi connectivity index (χ4n) is 0.256. The highest BCUT2D eigenvalue weighted by Gasteiger charge is 2.03. The van der Waals surface area contributed by atoms with Crippen molar-refractivity contribution in [3.05, 3.63) is 0 Å². The summed E-state index contributed by atoms with van der Waals surface area (Å²) in [6, 6.07) is 2.62. The molecule has 0 aromatic rings. The Hall–Kier alpha value is -0.330. The van der Waals surface area contributed by atoms with Gasteiger partial charge in [0.05, 0.1) is 11.5 Å². The van der Waals surface area contributed by atoms with E-state index in [4.69, 9.17) is 0 Å². The van der Waals surface area contributed by atoms with E-state index in [9.17, 15) is 0 Å². The molecule has 0 aromatic heterocycles. The van der Waals surface area contributed by atoms with Crippen LogP contribution in [0, 0.1) is 0 Å². The molecule has 0 spiro atoms. The number of hydrogen-bond acceptors (Lipinski definition) is 2. The van der Waals surface area contributed by atoms with Gasteiger partial charge >= 0.3 is 0 Å². The zero-order valence-electron chi connectivity index (χ0n) is 7.01. The lowest BCUT2D eigenvalue weighted by Crippen LogP contribution is -2.08. The second kappa shape index (κ2) is 5.45. The topological polar surface area (TPSA) is 24.7 Å². The Balaban J connectivity index is 0. The smallest absolute Gasteiger partial charge is 0.0897 e. The van der Waals surface area contributed by atoms with Gasteiger partial charge in [0, 0.05) is 6.54 Å². The summed E-state index contributed by atoms with van der Waals surface area (Å²) < 4.78 is 0. The molecular weight excluding hydrogens is 148 g/mol. The van der Waals surface area contributed by atoms with Crippen LogP contribution in [-0.4, -0.2) is 18.1 Å². The standard InChI is InChI=1S/C7H14N2.ClH/c1-5-8-6-9-7(2,3)4;/h5H2,1-4H3;1H. The molecule has 0 aliphatic heterocycles. The molecule has 0 saturated heterocycles. The molecule has 0 unspecified atom stereocenters. The van der Waals surface area contributed by atoms with Crippen molar-refractivity contribution in [2.45, 2.75) is 33.2 Å². The highest BCUT2D eigenvalue weighted by atomic mass is 35.5. The maximum atomic E-state index is 4.03. The van der Waals surface area contributed by atoms with Gasteiger partial charge in [-0.25, -0.2) is 9.98 Å². The quantitative estimate of drug-likeness (QED) is 0.529. The third kappa shape index (κ3) is 10.6. The van der Waals surface area contributed by atoms with Gasteiger partial charge < -0.3 is 0 Å². The Morgan fingerprint density at radius 2 is 1.80 bits per heavy atom. The summed E-state index contributed by atoms with van der Waals surface area (Å²) >= 11 is 0. The van der Waals surface area contributed by atoms with Gasteiger partial charge in [0.1, 0.15) is 0 Å². The Bertz CT molecular complexity index is 129. The molecule has 0 radical (unpaired) electrons. The van der Waals surface area contributed by atoms with Crippen molar-refractivity contribution in [2.75, 3.05) is 6.54 Å². The molecule has 0 bridgehead atoms. The molecule has 0 amide bonds. The second-order valence-electron chi connectivity index (χ2n) is 2.86. The molecule has 0 aliphatic carbocycles. The molecule has 0 atom stereocenters. The summed E-state index contributed by atoms with van der Waals surface area (Å²) in [6.45, 7) is 8.78. The lowest BCUT2D eigenvalue weighted by atomic mass is 10.1. The number of hydrogen-bond donors (Lipinski definition) is 0. The van der Waals surface area contributed by atoms with Crippen LogP contribution in [-0.2, 0) is 0 Å². The van der Waals surface area contributed by atoms with Crippen molar-refractivity contribution in [2.24, 2.45) is 9.98 Å². The zero-order chi connectivity index (χ0) is 7.33. The van der Waals surface area contributed by atoms with E-state index in [-0.39, 0.29) is 17.9 Å². The van der Waals surface area contributed by atoms with Crippen LogP contribution in [0.3, 0.4) is 0 Å². The minimum Gasteiger partial charge on any atom is -0.226 e. The molecule has 0 rings (SSSR count). The zero-order valence-corrected chi connectivity index (χ0v) is 7.83. The molecule has 0 aromatic carbocycles. The summed E-state index contributed by atoms with van der Waals surface area (Å²) in [5, 5.41) is 0. The SMILES string of the molecule is CCN=C=NC(C)(C)C.Cl. The van der Waals surface area contributed by atoms with Crippen LogP contribution in [0.1, 0.15) is 27.7 Å². The van der Waals surface area contributed by atoms with Crippen molar-refractivity contribution in [1.29, 1.82) is 0 Å². The molecule has 3 heteroatoms. The van der Waals surface area contributed by atoms with Crippen molar-refractivity contribution in [1.82, 2.24) is 0 Å². The van der Waals surface area contributed by atoms with Gasteiger partial charge in [-0.2, -0.15) is 0 Å². The number of halogens is 1. The van der Waals surface area contributed by atoms with E-state index in [0.717, 1.165) is 6.54 Å². The maximum absolute atomic E-state index is 4.03. The lowest BCUT2D eigenvalue weighted by molar-refractivity contribution is 0.587. The minimum absolute atomic E-state index is 0. The van der Waals surface area contributed by atoms with E-state index in [2.05, 4.69) is 16.0 Å². The molecule has 0 fully saturated rings. The van der Waals surface area contributed by atoms with E-state index in [1.54, 1.807) is 0 Å². The van der Waals surface area contributed by atoms with Crippen LogP contribution in [0.25, 0.3) is 0 Å². The van der Waals surface area contributed by atoms with Gasteiger partial charge in [0.25, 0.3) is 0 Å². The third-order valence-corrected chi connectivity index (χ3v) is 0.614. The van der Waals surface area contributed by atoms with Gasteiger partial charge in [-0.1, -0.05) is 0 Å². The van der Waals surface area contributed by atoms with E-state index >= 15 is 0 Å². The predicted molar refractivity (Wildman–Crippen MR) is 47.4 cm³/mol. The molecule has 60 valence electrons. The molecule has 0 aliphatic rings. The highest BCUT2D eigenvalue weighted by Crippen LogP contribution is 2.03. The fraction of sp³-hybridized carbons (Fsp3) is 0.857. The second-order valence-corrected chi connectivity index (χ2v) is 2.86. The Morgan fingerprint density at radius 1 is 1.30 bits per heavy atom. The third-order valence-electron chi connectivity index (χ3n) is 0.614. The first-order valence-corrected chi connectivity index (χ1v) is 3.19. The minimum atomic E-state index is -0.0291. The molecular formula is C7H15ClN2. The van der Waals surface area contributed by atoms with Crippen molar-refractivity contribution in [3.63, 3.8) is 0 Å². The van der Waals surface area contributed by atoms with Gasteiger partial charge in [-0.05, 0) is 27.7 Å². The summed E-state index contributed by atoms with van der Waals surface area (Å²) in [5.41, 5.74) is -0.0291. The molecule has 0 saturated carbocycles. The Morgan fingerprint density at radius 3 is 2.10 bits per heavy atom. The van der Waals surface area contributed by atoms with E-state index < -0.39 is 0 Å². The Labute approximate surface area is 68.9 Å². The number of rotatable bonds is 1. The monoisotopic (exact) mass is 162 g/mol. The predicted octanol–water partition coefficient (Wildman–Crippen LogP) is 2.40.